The summed E-state index contributed by atoms with van der Waals surface area (Å²) in [6.45, 7) is 9.23. The summed E-state index contributed by atoms with van der Waals surface area (Å²) in [5, 5.41) is 13.4. The summed E-state index contributed by atoms with van der Waals surface area (Å²) < 4.78 is 0. The molecule has 2 aliphatic rings. The van der Waals surface area contributed by atoms with E-state index in [1.165, 1.54) is 32.5 Å². The molecule has 0 amide bonds. The topological polar surface area (TPSA) is 38.7 Å². The van der Waals surface area contributed by atoms with E-state index in [4.69, 9.17) is 0 Å². The van der Waals surface area contributed by atoms with E-state index in [9.17, 15) is 5.11 Å². The lowest BCUT2D eigenvalue weighted by Crippen LogP contribution is -2.60. The largest absolute Gasteiger partial charge is 0.394 e. The van der Waals surface area contributed by atoms with Gasteiger partial charge in [-0.05, 0) is 46.2 Å². The van der Waals surface area contributed by atoms with Crippen LogP contribution in [0.5, 0.6) is 0 Å². The van der Waals surface area contributed by atoms with Gasteiger partial charge in [-0.15, -0.1) is 0 Å². The first-order chi connectivity index (χ1) is 9.10. The molecule has 0 aromatic rings. The summed E-state index contributed by atoms with van der Waals surface area (Å²) in [4.78, 5) is 5.11. The standard InChI is InChI=1S/C15H31N3O/c1-4-16-15(12-19)7-5-6-14(10-15)18-9-8-17(3)11-13(18)2/h13-14,16,19H,4-12H2,1-3H3. The van der Waals surface area contributed by atoms with Gasteiger partial charge in [0, 0.05) is 37.3 Å². The number of rotatable bonds is 4. The SMILES string of the molecule is CCNC1(CO)CCCC(N2CCN(C)CC2C)C1. The van der Waals surface area contributed by atoms with Crippen molar-refractivity contribution in [3.8, 4) is 0 Å². The van der Waals surface area contributed by atoms with Crippen LogP contribution in [0.4, 0.5) is 0 Å². The van der Waals surface area contributed by atoms with E-state index in [1.807, 2.05) is 0 Å². The van der Waals surface area contributed by atoms with Crippen molar-refractivity contribution in [1.82, 2.24) is 15.1 Å². The van der Waals surface area contributed by atoms with Crippen molar-refractivity contribution in [1.29, 1.82) is 0 Å². The maximum atomic E-state index is 9.81. The van der Waals surface area contributed by atoms with Gasteiger partial charge >= 0.3 is 0 Å². The number of nitrogens with one attached hydrogen (secondary N) is 1. The zero-order chi connectivity index (χ0) is 13.9. The third-order valence-corrected chi connectivity index (χ3v) is 5.02. The Morgan fingerprint density at radius 1 is 1.37 bits per heavy atom. The van der Waals surface area contributed by atoms with Gasteiger partial charge in [-0.25, -0.2) is 0 Å². The number of piperazine rings is 1. The van der Waals surface area contributed by atoms with Gasteiger partial charge in [-0.3, -0.25) is 4.90 Å². The minimum atomic E-state index is -0.0270. The maximum Gasteiger partial charge on any atom is 0.0613 e. The summed E-state index contributed by atoms with van der Waals surface area (Å²) in [5.74, 6) is 0. The second-order valence-corrected chi connectivity index (χ2v) is 6.57. The second-order valence-electron chi connectivity index (χ2n) is 6.57. The predicted octanol–water partition coefficient (Wildman–Crippen LogP) is 0.906. The molecule has 3 atom stereocenters. The van der Waals surface area contributed by atoms with E-state index in [0.29, 0.717) is 12.1 Å². The lowest BCUT2D eigenvalue weighted by atomic mass is 9.78. The van der Waals surface area contributed by atoms with Crippen LogP contribution in [-0.4, -0.2) is 72.4 Å². The number of aliphatic hydroxyl groups is 1. The molecule has 2 fully saturated rings. The minimum Gasteiger partial charge on any atom is -0.394 e. The summed E-state index contributed by atoms with van der Waals surface area (Å²) in [7, 11) is 2.21. The first-order valence-corrected chi connectivity index (χ1v) is 7.90. The van der Waals surface area contributed by atoms with Crippen molar-refractivity contribution in [3.05, 3.63) is 0 Å². The number of nitrogens with zero attached hydrogens (tertiary/aromatic N) is 2. The van der Waals surface area contributed by atoms with Gasteiger partial charge in [0.1, 0.15) is 0 Å². The van der Waals surface area contributed by atoms with Gasteiger partial charge in [-0.2, -0.15) is 0 Å². The molecule has 1 saturated carbocycles. The smallest absolute Gasteiger partial charge is 0.0613 e. The first-order valence-electron chi connectivity index (χ1n) is 7.90. The van der Waals surface area contributed by atoms with Gasteiger partial charge in [-0.1, -0.05) is 6.92 Å². The van der Waals surface area contributed by atoms with E-state index in [1.54, 1.807) is 0 Å². The van der Waals surface area contributed by atoms with Crippen LogP contribution in [0.3, 0.4) is 0 Å². The van der Waals surface area contributed by atoms with Crippen molar-refractivity contribution in [2.75, 3.05) is 39.8 Å². The predicted molar refractivity (Wildman–Crippen MR) is 79.4 cm³/mol. The molecule has 1 aliphatic carbocycles. The average Bonchev–Trinajstić information content (AvgIpc) is 2.39. The highest BCUT2D eigenvalue weighted by molar-refractivity contribution is 4.98. The minimum absolute atomic E-state index is 0.0270. The van der Waals surface area contributed by atoms with E-state index in [2.05, 4.69) is 36.0 Å². The first kappa shape index (κ1) is 15.2. The molecule has 3 unspecified atom stereocenters. The van der Waals surface area contributed by atoms with Gasteiger partial charge in [0.15, 0.2) is 0 Å². The Bertz CT molecular complexity index is 283. The summed E-state index contributed by atoms with van der Waals surface area (Å²) in [6.07, 6.45) is 4.75. The third kappa shape index (κ3) is 3.48. The Morgan fingerprint density at radius 3 is 2.79 bits per heavy atom. The zero-order valence-electron chi connectivity index (χ0n) is 12.9. The molecule has 2 N–H and O–H groups in total. The van der Waals surface area contributed by atoms with Gasteiger partial charge < -0.3 is 15.3 Å². The van der Waals surface area contributed by atoms with Crippen molar-refractivity contribution >= 4 is 0 Å². The Hall–Kier alpha value is -0.160. The van der Waals surface area contributed by atoms with Gasteiger partial charge in [0.2, 0.25) is 0 Å². The molecule has 0 spiro atoms. The van der Waals surface area contributed by atoms with E-state index in [-0.39, 0.29) is 12.1 Å². The third-order valence-electron chi connectivity index (χ3n) is 5.02. The molecule has 112 valence electrons. The summed E-state index contributed by atoms with van der Waals surface area (Å²) in [6, 6.07) is 1.28. The monoisotopic (exact) mass is 269 g/mol. The molecular weight excluding hydrogens is 238 g/mol. The van der Waals surface area contributed by atoms with Crippen LogP contribution >= 0.6 is 0 Å². The number of likely N-dealkylation sites (N-methyl/N-ethyl adjacent to an activating group) is 2. The molecule has 1 aliphatic heterocycles. The highest BCUT2D eigenvalue weighted by Gasteiger charge is 2.39. The maximum absolute atomic E-state index is 9.81. The number of aliphatic hydroxyl groups excluding tert-OH is 1. The Kier molecular flexibility index (Phi) is 5.23. The number of hydrogen-bond donors (Lipinski definition) is 2. The molecular formula is C15H31N3O. The molecule has 1 heterocycles. The highest BCUT2D eigenvalue weighted by atomic mass is 16.3. The average molecular weight is 269 g/mol. The lowest BCUT2D eigenvalue weighted by molar-refractivity contribution is 0.0105. The van der Waals surface area contributed by atoms with Crippen LogP contribution in [0.25, 0.3) is 0 Å². The van der Waals surface area contributed by atoms with Crippen LogP contribution in [0.2, 0.25) is 0 Å². The van der Waals surface area contributed by atoms with Crippen LogP contribution in [0.1, 0.15) is 39.5 Å². The molecule has 2 rings (SSSR count). The van der Waals surface area contributed by atoms with Crippen molar-refractivity contribution in [2.24, 2.45) is 0 Å². The van der Waals surface area contributed by atoms with E-state index < -0.39 is 0 Å². The zero-order valence-corrected chi connectivity index (χ0v) is 12.9. The Balaban J connectivity index is 2.00. The lowest BCUT2D eigenvalue weighted by Gasteiger charge is -2.49. The quantitative estimate of drug-likeness (QED) is 0.795. The number of hydrogen-bond acceptors (Lipinski definition) is 4. The van der Waals surface area contributed by atoms with E-state index >= 15 is 0 Å². The molecule has 4 heteroatoms. The van der Waals surface area contributed by atoms with Crippen LogP contribution in [0.15, 0.2) is 0 Å². The molecule has 19 heavy (non-hydrogen) atoms. The van der Waals surface area contributed by atoms with Crippen LogP contribution in [0, 0.1) is 0 Å². The van der Waals surface area contributed by atoms with Crippen molar-refractivity contribution < 1.29 is 5.11 Å². The van der Waals surface area contributed by atoms with Crippen LogP contribution in [-0.2, 0) is 0 Å². The molecule has 0 aromatic heterocycles. The normalized spacial score (nSPS) is 38.5. The second kappa shape index (κ2) is 6.53. The van der Waals surface area contributed by atoms with Gasteiger partial charge in [0.25, 0.3) is 0 Å². The fraction of sp³-hybridized carbons (Fsp3) is 1.00. The van der Waals surface area contributed by atoms with Crippen LogP contribution < -0.4 is 5.32 Å². The highest BCUT2D eigenvalue weighted by Crippen LogP contribution is 2.32. The Morgan fingerprint density at radius 2 is 2.16 bits per heavy atom. The summed E-state index contributed by atoms with van der Waals surface area (Å²) in [5.41, 5.74) is -0.0270. The molecule has 1 saturated heterocycles. The Labute approximate surface area is 118 Å². The van der Waals surface area contributed by atoms with E-state index in [0.717, 1.165) is 19.4 Å². The fourth-order valence-corrected chi connectivity index (χ4v) is 4.05. The molecule has 4 nitrogen and oxygen atoms in total. The van der Waals surface area contributed by atoms with Crippen molar-refractivity contribution in [2.45, 2.75) is 57.2 Å². The molecule has 0 bridgehead atoms. The fourth-order valence-electron chi connectivity index (χ4n) is 4.05. The van der Waals surface area contributed by atoms with Crippen molar-refractivity contribution in [3.63, 3.8) is 0 Å². The van der Waals surface area contributed by atoms with Gasteiger partial charge in [0.05, 0.1) is 6.61 Å². The molecule has 0 radical (unpaired) electrons. The molecule has 0 aromatic carbocycles. The summed E-state index contributed by atoms with van der Waals surface area (Å²) >= 11 is 0.